The van der Waals surface area contributed by atoms with Crippen LogP contribution in [0.2, 0.25) is 0 Å². The molecule has 0 spiro atoms. The van der Waals surface area contributed by atoms with Crippen LogP contribution >= 0.6 is 35.3 Å². The van der Waals surface area contributed by atoms with Crippen LogP contribution < -0.4 is 11.1 Å². The third kappa shape index (κ3) is 4.76. The molecular weight excluding hydrogens is 357 g/mol. The summed E-state index contributed by atoms with van der Waals surface area (Å²) in [4.78, 5) is 4.40. The summed E-state index contributed by atoms with van der Waals surface area (Å²) in [5.74, 6) is 1.86. The molecular formula is C13H22IN3S. The lowest BCUT2D eigenvalue weighted by atomic mass is 9.85. The van der Waals surface area contributed by atoms with Gasteiger partial charge in [-0.3, -0.25) is 4.99 Å². The number of thiophene rings is 1. The van der Waals surface area contributed by atoms with Gasteiger partial charge in [-0.05, 0) is 41.1 Å². The van der Waals surface area contributed by atoms with Crippen LogP contribution in [0, 0.1) is 5.92 Å². The summed E-state index contributed by atoms with van der Waals surface area (Å²) >= 11 is 1.73. The van der Waals surface area contributed by atoms with Gasteiger partial charge in [0.15, 0.2) is 5.96 Å². The van der Waals surface area contributed by atoms with Crippen LogP contribution in [0.4, 0.5) is 0 Å². The third-order valence-electron chi connectivity index (χ3n) is 3.44. The number of rotatable bonds is 5. The Morgan fingerprint density at radius 2 is 2.39 bits per heavy atom. The Morgan fingerprint density at radius 1 is 1.61 bits per heavy atom. The molecule has 2 rings (SSSR count). The maximum Gasteiger partial charge on any atom is 0.188 e. The molecule has 102 valence electrons. The van der Waals surface area contributed by atoms with E-state index >= 15 is 0 Å². The molecule has 1 heterocycles. The van der Waals surface area contributed by atoms with Gasteiger partial charge < -0.3 is 11.1 Å². The highest BCUT2D eigenvalue weighted by Gasteiger charge is 2.16. The molecule has 0 saturated heterocycles. The molecule has 5 heteroatoms. The highest BCUT2D eigenvalue weighted by Crippen LogP contribution is 2.25. The van der Waals surface area contributed by atoms with E-state index in [0.29, 0.717) is 11.9 Å². The van der Waals surface area contributed by atoms with Gasteiger partial charge in [0.25, 0.3) is 0 Å². The van der Waals surface area contributed by atoms with E-state index in [0.717, 1.165) is 19.0 Å². The summed E-state index contributed by atoms with van der Waals surface area (Å²) in [5, 5.41) is 7.50. The normalized spacial score (nSPS) is 17.7. The van der Waals surface area contributed by atoms with E-state index in [-0.39, 0.29) is 24.0 Å². The molecule has 18 heavy (non-hydrogen) atoms. The molecule has 1 aliphatic rings. The summed E-state index contributed by atoms with van der Waals surface area (Å²) < 4.78 is 0. The number of nitrogens with zero attached hydrogens (tertiary/aromatic N) is 1. The fourth-order valence-corrected chi connectivity index (χ4v) is 2.68. The number of halogens is 1. The van der Waals surface area contributed by atoms with Crippen molar-refractivity contribution in [2.75, 3.05) is 13.1 Å². The second-order valence-electron chi connectivity index (χ2n) is 4.86. The van der Waals surface area contributed by atoms with Crippen LogP contribution in [0.3, 0.4) is 0 Å². The Bertz CT molecular complexity index is 360. The number of aliphatic imine (C=N–C) groups is 1. The topological polar surface area (TPSA) is 50.4 Å². The van der Waals surface area contributed by atoms with E-state index in [2.05, 4.69) is 34.1 Å². The monoisotopic (exact) mass is 379 g/mol. The van der Waals surface area contributed by atoms with E-state index in [1.165, 1.54) is 24.8 Å². The van der Waals surface area contributed by atoms with Gasteiger partial charge in [-0.2, -0.15) is 11.3 Å². The number of guanidine groups is 1. The van der Waals surface area contributed by atoms with Crippen molar-refractivity contribution in [3.63, 3.8) is 0 Å². The fourth-order valence-electron chi connectivity index (χ4n) is 1.90. The molecule has 0 radical (unpaired) electrons. The van der Waals surface area contributed by atoms with Gasteiger partial charge in [-0.1, -0.05) is 13.3 Å². The zero-order chi connectivity index (χ0) is 12.1. The van der Waals surface area contributed by atoms with Gasteiger partial charge in [-0.25, -0.2) is 0 Å². The Kier molecular flexibility index (Phi) is 6.99. The van der Waals surface area contributed by atoms with Crippen molar-refractivity contribution in [2.24, 2.45) is 16.6 Å². The number of hydrogen-bond acceptors (Lipinski definition) is 2. The van der Waals surface area contributed by atoms with Gasteiger partial charge >= 0.3 is 0 Å². The van der Waals surface area contributed by atoms with Crippen molar-refractivity contribution >= 4 is 41.3 Å². The largest absolute Gasteiger partial charge is 0.370 e. The molecule has 1 aromatic heterocycles. The Labute approximate surface area is 130 Å². The van der Waals surface area contributed by atoms with Crippen LogP contribution in [0.25, 0.3) is 0 Å². The average Bonchev–Trinajstić information content (AvgIpc) is 2.77. The van der Waals surface area contributed by atoms with Gasteiger partial charge in [0.2, 0.25) is 0 Å². The first kappa shape index (κ1) is 15.8. The van der Waals surface area contributed by atoms with Crippen molar-refractivity contribution < 1.29 is 0 Å². The standard InChI is InChI=1S/C13H21N3S.HI/c1-10(12-5-6-17-9-12)7-15-13(14)16-8-11-3-2-4-11;/h5-6,9-11H,2-4,7-8H2,1H3,(H3,14,15,16);1H. The first-order valence-corrected chi connectivity index (χ1v) is 7.26. The van der Waals surface area contributed by atoms with E-state index in [1.807, 2.05) is 0 Å². The molecule has 3 N–H and O–H groups in total. The molecule has 1 fully saturated rings. The number of hydrogen-bond donors (Lipinski definition) is 2. The van der Waals surface area contributed by atoms with Crippen molar-refractivity contribution in [3.05, 3.63) is 22.4 Å². The minimum absolute atomic E-state index is 0. The fraction of sp³-hybridized carbons (Fsp3) is 0.615. The van der Waals surface area contributed by atoms with E-state index in [9.17, 15) is 0 Å². The molecule has 1 aromatic rings. The zero-order valence-corrected chi connectivity index (χ0v) is 13.9. The van der Waals surface area contributed by atoms with Gasteiger partial charge in [-0.15, -0.1) is 24.0 Å². The van der Waals surface area contributed by atoms with Crippen LogP contribution in [0.5, 0.6) is 0 Å². The van der Waals surface area contributed by atoms with Crippen LogP contribution in [-0.4, -0.2) is 19.0 Å². The third-order valence-corrected chi connectivity index (χ3v) is 4.15. The zero-order valence-electron chi connectivity index (χ0n) is 10.8. The average molecular weight is 379 g/mol. The summed E-state index contributed by atoms with van der Waals surface area (Å²) in [6.07, 6.45) is 4.05. The van der Waals surface area contributed by atoms with Crippen LogP contribution in [-0.2, 0) is 0 Å². The quantitative estimate of drug-likeness (QED) is 0.469. The summed E-state index contributed by atoms with van der Waals surface area (Å²) in [7, 11) is 0. The molecule has 0 aromatic carbocycles. The first-order chi connectivity index (χ1) is 8.25. The number of nitrogens with two attached hydrogens (primary N) is 1. The molecule has 1 aliphatic carbocycles. The minimum Gasteiger partial charge on any atom is -0.370 e. The lowest BCUT2D eigenvalue weighted by molar-refractivity contribution is 0.315. The highest BCUT2D eigenvalue weighted by atomic mass is 127. The van der Waals surface area contributed by atoms with Crippen molar-refractivity contribution in [2.45, 2.75) is 32.1 Å². The molecule has 0 amide bonds. The maximum atomic E-state index is 5.84. The Balaban J connectivity index is 0.00000162. The smallest absolute Gasteiger partial charge is 0.188 e. The maximum absolute atomic E-state index is 5.84. The second-order valence-corrected chi connectivity index (χ2v) is 5.64. The molecule has 1 unspecified atom stereocenters. The molecule has 1 saturated carbocycles. The Hall–Kier alpha value is -0.300. The van der Waals surface area contributed by atoms with E-state index < -0.39 is 0 Å². The van der Waals surface area contributed by atoms with E-state index in [1.54, 1.807) is 11.3 Å². The van der Waals surface area contributed by atoms with Crippen molar-refractivity contribution in [1.82, 2.24) is 5.32 Å². The highest BCUT2D eigenvalue weighted by molar-refractivity contribution is 14.0. The van der Waals surface area contributed by atoms with E-state index in [4.69, 9.17) is 5.73 Å². The minimum atomic E-state index is 0. The van der Waals surface area contributed by atoms with Gasteiger partial charge in [0.1, 0.15) is 0 Å². The summed E-state index contributed by atoms with van der Waals surface area (Å²) in [5.41, 5.74) is 7.20. The summed E-state index contributed by atoms with van der Waals surface area (Å²) in [6.45, 7) is 3.94. The van der Waals surface area contributed by atoms with Crippen molar-refractivity contribution in [3.8, 4) is 0 Å². The molecule has 0 aliphatic heterocycles. The predicted molar refractivity (Wildman–Crippen MR) is 90.0 cm³/mol. The van der Waals surface area contributed by atoms with Crippen molar-refractivity contribution in [1.29, 1.82) is 0 Å². The van der Waals surface area contributed by atoms with Gasteiger partial charge in [0.05, 0.1) is 0 Å². The predicted octanol–water partition coefficient (Wildman–Crippen LogP) is 3.17. The van der Waals surface area contributed by atoms with Crippen LogP contribution in [0.1, 0.15) is 37.7 Å². The molecule has 1 atom stereocenters. The van der Waals surface area contributed by atoms with Crippen LogP contribution in [0.15, 0.2) is 21.8 Å². The Morgan fingerprint density at radius 3 is 2.94 bits per heavy atom. The summed E-state index contributed by atoms with van der Waals surface area (Å²) in [6, 6.07) is 2.16. The SMILES string of the molecule is CC(CN=C(N)NCC1CCC1)c1ccsc1.I. The lowest BCUT2D eigenvalue weighted by Crippen LogP contribution is -2.37. The van der Waals surface area contributed by atoms with Gasteiger partial charge in [0, 0.05) is 19.0 Å². The molecule has 3 nitrogen and oxygen atoms in total. The second kappa shape index (κ2) is 7.99. The molecule has 0 bridgehead atoms. The number of nitrogens with one attached hydrogen (secondary N) is 1. The lowest BCUT2D eigenvalue weighted by Gasteiger charge is -2.25. The first-order valence-electron chi connectivity index (χ1n) is 6.31.